The van der Waals surface area contributed by atoms with Crippen LogP contribution in [0.5, 0.6) is 0 Å². The monoisotopic (exact) mass is 339 g/mol. The Balaban J connectivity index is 1.68. The van der Waals surface area contributed by atoms with Gasteiger partial charge in [-0.15, -0.1) is 0 Å². The smallest absolute Gasteiger partial charge is 0.249 e. The van der Waals surface area contributed by atoms with Gasteiger partial charge in [0.1, 0.15) is 5.82 Å². The lowest BCUT2D eigenvalue weighted by atomic mass is 10.0. The first-order chi connectivity index (χ1) is 12.1. The summed E-state index contributed by atoms with van der Waals surface area (Å²) in [5.41, 5.74) is 2.97. The molecule has 1 amide bonds. The molecule has 1 atom stereocenters. The topological polar surface area (TPSA) is 57.5 Å². The molecule has 0 saturated heterocycles. The van der Waals surface area contributed by atoms with Crippen LogP contribution in [0.1, 0.15) is 18.1 Å². The number of aliphatic hydroxyl groups is 1. The van der Waals surface area contributed by atoms with E-state index >= 15 is 0 Å². The van der Waals surface area contributed by atoms with Crippen molar-refractivity contribution in [3.63, 3.8) is 0 Å². The number of rotatable bonds is 6. The number of fused-ring (bicyclic) bond motifs is 1. The lowest BCUT2D eigenvalue weighted by molar-refractivity contribution is -0.118. The van der Waals surface area contributed by atoms with Crippen molar-refractivity contribution in [1.82, 2.24) is 9.88 Å². The second-order valence-corrected chi connectivity index (χ2v) is 6.44. The molecule has 5 nitrogen and oxygen atoms in total. The largest absolute Gasteiger partial charge is 0.394 e. The van der Waals surface area contributed by atoms with Crippen LogP contribution in [-0.4, -0.2) is 35.3 Å². The quantitative estimate of drug-likeness (QED) is 0.847. The predicted octanol–water partition coefficient (Wildman–Crippen LogP) is 2.10. The Morgan fingerprint density at radius 3 is 2.72 bits per heavy atom. The molecular formula is C20H25N3O2. The third kappa shape index (κ3) is 3.77. The fourth-order valence-corrected chi connectivity index (χ4v) is 3.35. The Labute approximate surface area is 148 Å². The summed E-state index contributed by atoms with van der Waals surface area (Å²) in [4.78, 5) is 14.7. The van der Waals surface area contributed by atoms with E-state index in [0.717, 1.165) is 29.1 Å². The lowest BCUT2D eigenvalue weighted by Crippen LogP contribution is -2.41. The number of hydrogen-bond acceptors (Lipinski definition) is 3. The average molecular weight is 339 g/mol. The van der Waals surface area contributed by atoms with Gasteiger partial charge in [-0.05, 0) is 30.5 Å². The number of amides is 1. The standard InChI is InChI=1S/C20H25N3O2/c1-3-23-10-9-16-12-17(13-22(2)20(16)23)19(25)21-18(14-24)11-15-7-5-4-6-8-15/h4-10,13,18,24H,3,11-12,14H2,1-2H3,(H,21,25)/t18-/m0/s1. The summed E-state index contributed by atoms with van der Waals surface area (Å²) in [6, 6.07) is 11.7. The van der Waals surface area contributed by atoms with Crippen LogP contribution in [0.3, 0.4) is 0 Å². The lowest BCUT2D eigenvalue weighted by Gasteiger charge is -2.26. The number of aryl methyl sites for hydroxylation is 1. The van der Waals surface area contributed by atoms with E-state index in [1.165, 1.54) is 0 Å². The van der Waals surface area contributed by atoms with Gasteiger partial charge in [0, 0.05) is 38.0 Å². The zero-order chi connectivity index (χ0) is 17.8. The van der Waals surface area contributed by atoms with Crippen LogP contribution in [0.15, 0.2) is 54.4 Å². The van der Waals surface area contributed by atoms with E-state index in [0.29, 0.717) is 12.8 Å². The van der Waals surface area contributed by atoms with Crippen molar-refractivity contribution < 1.29 is 9.90 Å². The molecule has 1 aliphatic rings. The molecule has 1 aliphatic heterocycles. The van der Waals surface area contributed by atoms with Gasteiger partial charge in [0.25, 0.3) is 0 Å². The van der Waals surface area contributed by atoms with E-state index in [9.17, 15) is 9.90 Å². The minimum absolute atomic E-state index is 0.0821. The summed E-state index contributed by atoms with van der Waals surface area (Å²) in [5, 5.41) is 12.6. The van der Waals surface area contributed by atoms with Crippen LogP contribution in [-0.2, 0) is 24.2 Å². The zero-order valence-corrected chi connectivity index (χ0v) is 14.8. The van der Waals surface area contributed by atoms with E-state index in [2.05, 4.69) is 29.1 Å². The van der Waals surface area contributed by atoms with E-state index in [1.54, 1.807) is 0 Å². The van der Waals surface area contributed by atoms with Crippen molar-refractivity contribution in [2.24, 2.45) is 0 Å². The third-order valence-corrected chi connectivity index (χ3v) is 4.59. The minimum atomic E-state index is -0.289. The highest BCUT2D eigenvalue weighted by Gasteiger charge is 2.23. The molecule has 2 N–H and O–H groups in total. The highest BCUT2D eigenvalue weighted by atomic mass is 16.3. The number of hydrogen-bond donors (Lipinski definition) is 2. The Bertz CT molecular complexity index is 765. The fraction of sp³-hybridized carbons (Fsp3) is 0.350. The summed E-state index contributed by atoms with van der Waals surface area (Å²) >= 11 is 0. The van der Waals surface area contributed by atoms with Gasteiger partial charge in [0.15, 0.2) is 0 Å². The summed E-state index contributed by atoms with van der Waals surface area (Å²) < 4.78 is 2.17. The first kappa shape index (κ1) is 17.3. The van der Waals surface area contributed by atoms with Gasteiger partial charge in [-0.1, -0.05) is 30.3 Å². The fourth-order valence-electron chi connectivity index (χ4n) is 3.35. The summed E-state index contributed by atoms with van der Waals surface area (Å²) in [5.74, 6) is 1.03. The molecule has 2 heterocycles. The second kappa shape index (κ2) is 7.57. The number of anilines is 1. The SMILES string of the molecule is CCn1ccc2c1N(C)C=C(C(=O)N[C@H](CO)Cc1ccccc1)C2. The second-order valence-electron chi connectivity index (χ2n) is 6.44. The van der Waals surface area contributed by atoms with Crippen LogP contribution in [0.25, 0.3) is 0 Å². The Hall–Kier alpha value is -2.53. The van der Waals surface area contributed by atoms with Crippen LogP contribution in [0, 0.1) is 0 Å². The number of aromatic nitrogens is 1. The number of carbonyl (C=O) groups excluding carboxylic acids is 1. The van der Waals surface area contributed by atoms with E-state index in [1.807, 2.05) is 48.5 Å². The number of nitrogens with zero attached hydrogens (tertiary/aromatic N) is 2. The van der Waals surface area contributed by atoms with E-state index < -0.39 is 0 Å². The number of aliphatic hydroxyl groups excluding tert-OH is 1. The molecule has 5 heteroatoms. The number of nitrogens with one attached hydrogen (secondary N) is 1. The van der Waals surface area contributed by atoms with Crippen molar-refractivity contribution >= 4 is 11.7 Å². The molecule has 0 unspecified atom stereocenters. The van der Waals surface area contributed by atoms with Gasteiger partial charge in [-0.25, -0.2) is 0 Å². The van der Waals surface area contributed by atoms with Gasteiger partial charge in [-0.2, -0.15) is 0 Å². The van der Waals surface area contributed by atoms with Crippen molar-refractivity contribution in [2.75, 3.05) is 18.6 Å². The van der Waals surface area contributed by atoms with E-state index in [-0.39, 0.29) is 18.6 Å². The van der Waals surface area contributed by atoms with Crippen LogP contribution in [0.2, 0.25) is 0 Å². The predicted molar refractivity (Wildman–Crippen MR) is 99.5 cm³/mol. The van der Waals surface area contributed by atoms with Gasteiger partial charge in [0.05, 0.1) is 12.6 Å². The molecule has 0 aliphatic carbocycles. The Kier molecular flexibility index (Phi) is 5.24. The molecule has 1 aromatic carbocycles. The average Bonchev–Trinajstić information content (AvgIpc) is 3.05. The number of benzene rings is 1. The molecule has 0 saturated carbocycles. The molecular weight excluding hydrogens is 314 g/mol. The summed E-state index contributed by atoms with van der Waals surface area (Å²) in [6.07, 6.45) is 5.17. The Morgan fingerprint density at radius 2 is 2.04 bits per heavy atom. The number of carbonyl (C=O) groups is 1. The first-order valence-corrected chi connectivity index (χ1v) is 8.69. The van der Waals surface area contributed by atoms with Crippen LogP contribution >= 0.6 is 0 Å². The molecule has 2 aromatic rings. The normalized spacial score (nSPS) is 14.7. The van der Waals surface area contributed by atoms with Crippen molar-refractivity contribution in [2.45, 2.75) is 32.4 Å². The molecule has 1 aromatic heterocycles. The van der Waals surface area contributed by atoms with Gasteiger partial charge >= 0.3 is 0 Å². The first-order valence-electron chi connectivity index (χ1n) is 8.69. The van der Waals surface area contributed by atoms with E-state index in [4.69, 9.17) is 0 Å². The van der Waals surface area contributed by atoms with Gasteiger partial charge in [-0.3, -0.25) is 4.79 Å². The molecule has 0 radical (unpaired) electrons. The molecule has 25 heavy (non-hydrogen) atoms. The van der Waals surface area contributed by atoms with Crippen LogP contribution in [0.4, 0.5) is 5.82 Å². The summed E-state index contributed by atoms with van der Waals surface area (Å²) in [6.45, 7) is 2.93. The maximum absolute atomic E-state index is 12.7. The van der Waals surface area contributed by atoms with Crippen molar-refractivity contribution in [1.29, 1.82) is 0 Å². The maximum atomic E-state index is 12.7. The summed E-state index contributed by atoms with van der Waals surface area (Å²) in [7, 11) is 1.96. The maximum Gasteiger partial charge on any atom is 0.249 e. The van der Waals surface area contributed by atoms with Crippen molar-refractivity contribution in [3.05, 3.63) is 65.5 Å². The molecule has 0 spiro atoms. The Morgan fingerprint density at radius 1 is 1.28 bits per heavy atom. The molecule has 0 bridgehead atoms. The van der Waals surface area contributed by atoms with Crippen LogP contribution < -0.4 is 10.2 Å². The highest BCUT2D eigenvalue weighted by Crippen LogP contribution is 2.29. The molecule has 3 rings (SSSR count). The van der Waals surface area contributed by atoms with Gasteiger partial charge in [0.2, 0.25) is 5.91 Å². The molecule has 132 valence electrons. The minimum Gasteiger partial charge on any atom is -0.394 e. The molecule has 0 fully saturated rings. The highest BCUT2D eigenvalue weighted by molar-refractivity contribution is 5.95. The third-order valence-electron chi connectivity index (χ3n) is 4.59. The zero-order valence-electron chi connectivity index (χ0n) is 14.8. The van der Waals surface area contributed by atoms with Crippen molar-refractivity contribution in [3.8, 4) is 0 Å². The van der Waals surface area contributed by atoms with Gasteiger partial charge < -0.3 is 19.9 Å².